The first-order chi connectivity index (χ1) is 10.3. The van der Waals surface area contributed by atoms with Crippen molar-refractivity contribution in [2.75, 3.05) is 68.9 Å². The number of hydrogen-bond acceptors (Lipinski definition) is 5. The smallest absolute Gasteiger partial charge is 0.191 e. The zero-order valence-electron chi connectivity index (χ0n) is 13.0. The summed E-state index contributed by atoms with van der Waals surface area (Å²) in [5.41, 5.74) is 6.44. The lowest BCUT2D eigenvalue weighted by Crippen LogP contribution is -2.56. The molecule has 0 saturated carbocycles. The summed E-state index contributed by atoms with van der Waals surface area (Å²) < 4.78 is 5.51. The molecular weight excluding hydrogens is 431 g/mol. The Morgan fingerprint density at radius 2 is 1.82 bits per heavy atom. The molecule has 3 aliphatic heterocycles. The minimum atomic E-state index is 0. The third-order valence-electron chi connectivity index (χ3n) is 4.63. The van der Waals surface area contributed by atoms with Gasteiger partial charge in [-0.3, -0.25) is 9.89 Å². The van der Waals surface area contributed by atoms with Crippen LogP contribution in [0.15, 0.2) is 4.99 Å². The summed E-state index contributed by atoms with van der Waals surface area (Å²) in [4.78, 5) is 9.63. The lowest BCUT2D eigenvalue weighted by molar-refractivity contribution is -0.0104. The largest absolute Gasteiger partial charge is 0.379 e. The Bertz CT molecular complexity index is 368. The van der Waals surface area contributed by atoms with Crippen molar-refractivity contribution in [3.63, 3.8) is 0 Å². The number of aliphatic imine (C=N–C) groups is 1. The summed E-state index contributed by atoms with van der Waals surface area (Å²) in [5, 5.41) is 0. The Morgan fingerprint density at radius 1 is 1.09 bits per heavy atom. The van der Waals surface area contributed by atoms with Crippen LogP contribution in [0.5, 0.6) is 0 Å². The molecule has 0 aromatic rings. The van der Waals surface area contributed by atoms with Gasteiger partial charge in [-0.1, -0.05) is 0 Å². The molecule has 0 amide bonds. The second-order valence-corrected chi connectivity index (χ2v) is 8.23. The third-order valence-corrected chi connectivity index (χ3v) is 6.81. The van der Waals surface area contributed by atoms with Crippen molar-refractivity contribution in [1.29, 1.82) is 0 Å². The zero-order chi connectivity index (χ0) is 14.5. The van der Waals surface area contributed by atoms with Crippen molar-refractivity contribution in [2.24, 2.45) is 10.7 Å². The molecule has 5 nitrogen and oxygen atoms in total. The Balaban J connectivity index is 0.00000176. The van der Waals surface area contributed by atoms with Crippen molar-refractivity contribution >= 4 is 53.5 Å². The van der Waals surface area contributed by atoms with E-state index in [0.29, 0.717) is 0 Å². The van der Waals surface area contributed by atoms with E-state index in [0.717, 1.165) is 51.9 Å². The number of ether oxygens (including phenoxy) is 1. The van der Waals surface area contributed by atoms with E-state index < -0.39 is 0 Å². The molecule has 1 unspecified atom stereocenters. The highest BCUT2D eigenvalue weighted by Crippen LogP contribution is 2.34. The molecule has 0 radical (unpaired) electrons. The van der Waals surface area contributed by atoms with Gasteiger partial charge in [0.2, 0.25) is 0 Å². The van der Waals surface area contributed by atoms with Crippen molar-refractivity contribution in [3.8, 4) is 0 Å². The predicted octanol–water partition coefficient (Wildman–Crippen LogP) is 1.18. The van der Waals surface area contributed by atoms with Gasteiger partial charge in [-0.25, -0.2) is 0 Å². The monoisotopic (exact) mass is 458 g/mol. The van der Waals surface area contributed by atoms with E-state index in [4.69, 9.17) is 15.5 Å². The molecule has 128 valence electrons. The normalized spacial score (nSPS) is 31.1. The highest BCUT2D eigenvalue weighted by molar-refractivity contribution is 14.0. The maximum absolute atomic E-state index is 6.23. The molecule has 3 rings (SSSR count). The van der Waals surface area contributed by atoms with E-state index in [1.165, 1.54) is 29.4 Å². The number of rotatable bonds is 3. The molecule has 1 atom stereocenters. The molecule has 22 heavy (non-hydrogen) atoms. The third kappa shape index (κ3) is 4.58. The Kier molecular flexibility index (Phi) is 7.92. The highest BCUT2D eigenvalue weighted by atomic mass is 127. The zero-order valence-corrected chi connectivity index (χ0v) is 17.0. The van der Waals surface area contributed by atoms with Gasteiger partial charge in [-0.15, -0.1) is 24.0 Å². The van der Waals surface area contributed by atoms with E-state index in [2.05, 4.69) is 21.6 Å². The number of guanidine groups is 1. The van der Waals surface area contributed by atoms with Gasteiger partial charge in [0.1, 0.15) is 0 Å². The SMILES string of the molecule is I.NC(=NCC1(N2CCOCC2)CCSC1)N1CCSCC1. The molecule has 0 bridgehead atoms. The summed E-state index contributed by atoms with van der Waals surface area (Å²) in [6.07, 6.45) is 1.23. The Labute approximate surface area is 159 Å². The van der Waals surface area contributed by atoms with E-state index >= 15 is 0 Å². The molecule has 3 aliphatic rings. The van der Waals surface area contributed by atoms with Gasteiger partial charge in [0.15, 0.2) is 5.96 Å². The maximum Gasteiger partial charge on any atom is 0.191 e. The average molecular weight is 458 g/mol. The minimum absolute atomic E-state index is 0. The van der Waals surface area contributed by atoms with Gasteiger partial charge in [0.05, 0.1) is 25.3 Å². The average Bonchev–Trinajstić information content (AvgIpc) is 3.04. The van der Waals surface area contributed by atoms with Crippen molar-refractivity contribution in [3.05, 3.63) is 0 Å². The summed E-state index contributed by atoms with van der Waals surface area (Å²) in [7, 11) is 0. The molecule has 0 spiro atoms. The first kappa shape index (κ1) is 19.0. The van der Waals surface area contributed by atoms with Crippen molar-refractivity contribution in [1.82, 2.24) is 9.80 Å². The van der Waals surface area contributed by atoms with Gasteiger partial charge in [-0.05, 0) is 12.2 Å². The molecular formula is C14H27IN4OS2. The minimum Gasteiger partial charge on any atom is -0.379 e. The fraction of sp³-hybridized carbons (Fsp3) is 0.929. The van der Waals surface area contributed by atoms with E-state index in [9.17, 15) is 0 Å². The van der Waals surface area contributed by atoms with Gasteiger partial charge in [0.25, 0.3) is 0 Å². The fourth-order valence-corrected chi connectivity index (χ4v) is 5.60. The second-order valence-electron chi connectivity index (χ2n) is 5.90. The van der Waals surface area contributed by atoms with Gasteiger partial charge >= 0.3 is 0 Å². The Hall–Kier alpha value is 0.620. The number of hydrogen-bond donors (Lipinski definition) is 1. The predicted molar refractivity (Wildman–Crippen MR) is 108 cm³/mol. The highest BCUT2D eigenvalue weighted by Gasteiger charge is 2.40. The summed E-state index contributed by atoms with van der Waals surface area (Å²) in [6, 6.07) is 0. The molecule has 0 aromatic carbocycles. The van der Waals surface area contributed by atoms with Crippen LogP contribution in [0, 0.1) is 0 Å². The van der Waals surface area contributed by atoms with Crippen LogP contribution in [0.1, 0.15) is 6.42 Å². The Morgan fingerprint density at radius 3 is 2.45 bits per heavy atom. The molecule has 3 heterocycles. The standard InChI is InChI=1S/C14H26N4OS2.HI/c15-13(17-4-9-20-10-5-17)16-11-14(1-8-21-12-14)18-2-6-19-7-3-18;/h1-12H2,(H2,15,16);1H. The van der Waals surface area contributed by atoms with E-state index in [-0.39, 0.29) is 29.5 Å². The van der Waals surface area contributed by atoms with Crippen molar-refractivity contribution in [2.45, 2.75) is 12.0 Å². The molecule has 8 heteroatoms. The maximum atomic E-state index is 6.23. The molecule has 3 fully saturated rings. The first-order valence-corrected chi connectivity index (χ1v) is 10.1. The van der Waals surface area contributed by atoms with Crippen LogP contribution < -0.4 is 5.73 Å². The first-order valence-electron chi connectivity index (χ1n) is 7.83. The lowest BCUT2D eigenvalue weighted by atomic mass is 9.96. The topological polar surface area (TPSA) is 54.1 Å². The van der Waals surface area contributed by atoms with Crippen LogP contribution in [-0.2, 0) is 4.74 Å². The molecule has 3 saturated heterocycles. The van der Waals surface area contributed by atoms with Crippen LogP contribution >= 0.6 is 47.5 Å². The van der Waals surface area contributed by atoms with Crippen LogP contribution in [0.3, 0.4) is 0 Å². The van der Waals surface area contributed by atoms with Crippen LogP contribution in [0.25, 0.3) is 0 Å². The summed E-state index contributed by atoms with van der Waals surface area (Å²) >= 11 is 4.06. The molecule has 2 N–H and O–H groups in total. The van der Waals surface area contributed by atoms with Gasteiger partial charge in [0, 0.05) is 43.4 Å². The molecule has 0 aliphatic carbocycles. The lowest BCUT2D eigenvalue weighted by Gasteiger charge is -2.42. The van der Waals surface area contributed by atoms with Crippen LogP contribution in [-0.4, -0.2) is 90.2 Å². The number of halogens is 1. The quantitative estimate of drug-likeness (QED) is 0.390. The summed E-state index contributed by atoms with van der Waals surface area (Å²) in [5.74, 6) is 5.51. The van der Waals surface area contributed by atoms with E-state index in [1.807, 2.05) is 11.8 Å². The van der Waals surface area contributed by atoms with Gasteiger partial charge < -0.3 is 15.4 Å². The van der Waals surface area contributed by atoms with Crippen LogP contribution in [0.4, 0.5) is 0 Å². The molecule has 0 aromatic heterocycles. The van der Waals surface area contributed by atoms with Gasteiger partial charge in [-0.2, -0.15) is 23.5 Å². The number of thioether (sulfide) groups is 2. The van der Waals surface area contributed by atoms with E-state index in [1.54, 1.807) is 0 Å². The fourth-order valence-electron chi connectivity index (χ4n) is 3.23. The van der Waals surface area contributed by atoms with Crippen LogP contribution in [0.2, 0.25) is 0 Å². The number of nitrogens with two attached hydrogens (primary N) is 1. The summed E-state index contributed by atoms with van der Waals surface area (Å²) in [6.45, 7) is 6.71. The van der Waals surface area contributed by atoms with Crippen molar-refractivity contribution < 1.29 is 4.74 Å². The second kappa shape index (κ2) is 9.19. The number of morpholine rings is 1. The number of nitrogens with zero attached hydrogens (tertiary/aromatic N) is 3.